The predicted molar refractivity (Wildman–Crippen MR) is 71.6 cm³/mol. The van der Waals surface area contributed by atoms with Crippen molar-refractivity contribution in [1.82, 2.24) is 15.5 Å². The van der Waals surface area contributed by atoms with Crippen LogP contribution >= 0.6 is 0 Å². The lowest BCUT2D eigenvalue weighted by atomic mass is 10.2. The highest BCUT2D eigenvalue weighted by Crippen LogP contribution is 2.16. The van der Waals surface area contributed by atoms with Crippen LogP contribution in [-0.2, 0) is 11.2 Å². The van der Waals surface area contributed by atoms with Crippen LogP contribution in [0.3, 0.4) is 0 Å². The van der Waals surface area contributed by atoms with Gasteiger partial charge in [-0.2, -0.15) is 4.98 Å². The number of aryl methyl sites for hydroxylation is 1. The molecule has 0 aliphatic heterocycles. The molecule has 0 saturated heterocycles. The second kappa shape index (κ2) is 6.85. The van der Waals surface area contributed by atoms with Crippen LogP contribution in [0.15, 0.2) is 27.5 Å². The fourth-order valence-electron chi connectivity index (χ4n) is 1.61. The van der Waals surface area contributed by atoms with Gasteiger partial charge in [-0.25, -0.2) is 0 Å². The molecule has 3 N–H and O–H groups in total. The molecule has 1 amide bonds. The van der Waals surface area contributed by atoms with Crippen molar-refractivity contribution in [2.45, 2.75) is 32.2 Å². The molecule has 0 aromatic carbocycles. The molecule has 2 heterocycles. The van der Waals surface area contributed by atoms with Crippen LogP contribution < -0.4 is 11.1 Å². The van der Waals surface area contributed by atoms with Gasteiger partial charge in [0.25, 0.3) is 0 Å². The smallest absolute Gasteiger partial charge is 0.227 e. The number of hydrogen-bond acceptors (Lipinski definition) is 6. The molecular weight excluding hydrogens is 260 g/mol. The maximum atomic E-state index is 11.6. The number of furan rings is 1. The van der Waals surface area contributed by atoms with Gasteiger partial charge in [0.1, 0.15) is 6.26 Å². The number of carbonyl (C=O) groups excluding carboxylic acids is 1. The van der Waals surface area contributed by atoms with Gasteiger partial charge in [0.2, 0.25) is 17.6 Å². The van der Waals surface area contributed by atoms with Crippen molar-refractivity contribution in [3.8, 4) is 11.4 Å². The van der Waals surface area contributed by atoms with Gasteiger partial charge in [0, 0.05) is 25.4 Å². The molecular formula is C13H18N4O3. The zero-order valence-corrected chi connectivity index (χ0v) is 11.3. The maximum Gasteiger partial charge on any atom is 0.227 e. The standard InChI is InChI=1S/C13H18N4O3/c1-9(14)4-6-15-11(18)2-3-12-16-13(17-20-12)10-5-7-19-8-10/h5,7-9H,2-4,6,14H2,1H3,(H,15,18). The maximum absolute atomic E-state index is 11.6. The fraction of sp³-hybridized carbons (Fsp3) is 0.462. The lowest BCUT2D eigenvalue weighted by Gasteiger charge is -2.06. The molecule has 0 aliphatic rings. The molecule has 2 aromatic rings. The summed E-state index contributed by atoms with van der Waals surface area (Å²) >= 11 is 0. The predicted octanol–water partition coefficient (Wildman–Crippen LogP) is 1.12. The molecule has 0 fully saturated rings. The van der Waals surface area contributed by atoms with E-state index in [1.54, 1.807) is 6.07 Å². The van der Waals surface area contributed by atoms with Crippen LogP contribution in [0.2, 0.25) is 0 Å². The summed E-state index contributed by atoms with van der Waals surface area (Å²) in [5.41, 5.74) is 6.35. The van der Waals surface area contributed by atoms with E-state index in [4.69, 9.17) is 14.7 Å². The third-order valence-corrected chi connectivity index (χ3v) is 2.74. The van der Waals surface area contributed by atoms with Gasteiger partial charge in [-0.15, -0.1) is 0 Å². The lowest BCUT2D eigenvalue weighted by Crippen LogP contribution is -2.29. The molecule has 108 valence electrons. The summed E-state index contributed by atoms with van der Waals surface area (Å²) in [5.74, 6) is 0.850. The number of nitrogens with two attached hydrogens (primary N) is 1. The Morgan fingerprint density at radius 1 is 1.55 bits per heavy atom. The second-order valence-electron chi connectivity index (χ2n) is 4.64. The van der Waals surface area contributed by atoms with Crippen LogP contribution in [0.5, 0.6) is 0 Å². The van der Waals surface area contributed by atoms with Gasteiger partial charge in [0.05, 0.1) is 11.8 Å². The van der Waals surface area contributed by atoms with E-state index in [1.165, 1.54) is 12.5 Å². The van der Waals surface area contributed by atoms with Gasteiger partial charge < -0.3 is 20.0 Å². The molecule has 7 nitrogen and oxygen atoms in total. The Morgan fingerprint density at radius 2 is 2.40 bits per heavy atom. The van der Waals surface area contributed by atoms with Crippen LogP contribution in [0, 0.1) is 0 Å². The monoisotopic (exact) mass is 278 g/mol. The van der Waals surface area contributed by atoms with Crippen molar-refractivity contribution in [3.05, 3.63) is 24.5 Å². The van der Waals surface area contributed by atoms with Crippen molar-refractivity contribution < 1.29 is 13.7 Å². The molecule has 7 heteroatoms. The van der Waals surface area contributed by atoms with E-state index in [9.17, 15) is 4.79 Å². The highest BCUT2D eigenvalue weighted by Gasteiger charge is 2.11. The Balaban J connectivity index is 1.75. The Hall–Kier alpha value is -2.15. The van der Waals surface area contributed by atoms with Crippen molar-refractivity contribution >= 4 is 5.91 Å². The molecule has 0 aliphatic carbocycles. The average molecular weight is 278 g/mol. The van der Waals surface area contributed by atoms with Gasteiger partial charge in [-0.1, -0.05) is 5.16 Å². The summed E-state index contributed by atoms with van der Waals surface area (Å²) < 4.78 is 10.0. The Kier molecular flexibility index (Phi) is 4.89. The minimum absolute atomic E-state index is 0.0475. The first-order valence-corrected chi connectivity index (χ1v) is 6.52. The van der Waals surface area contributed by atoms with E-state index in [0.29, 0.717) is 31.1 Å². The highest BCUT2D eigenvalue weighted by atomic mass is 16.5. The third kappa shape index (κ3) is 4.20. The molecule has 0 radical (unpaired) electrons. The number of rotatable bonds is 7. The highest BCUT2D eigenvalue weighted by molar-refractivity contribution is 5.75. The number of nitrogens with zero attached hydrogens (tertiary/aromatic N) is 2. The summed E-state index contributed by atoms with van der Waals surface area (Å²) in [6.07, 6.45) is 4.56. The van der Waals surface area contributed by atoms with Crippen LogP contribution in [0.25, 0.3) is 11.4 Å². The Labute approximate surface area is 116 Å². The lowest BCUT2D eigenvalue weighted by molar-refractivity contribution is -0.121. The van der Waals surface area contributed by atoms with Crippen molar-refractivity contribution in [2.75, 3.05) is 6.54 Å². The van der Waals surface area contributed by atoms with Gasteiger partial charge in [-0.05, 0) is 19.4 Å². The third-order valence-electron chi connectivity index (χ3n) is 2.74. The normalized spacial score (nSPS) is 12.3. The first kappa shape index (κ1) is 14.3. The first-order valence-electron chi connectivity index (χ1n) is 6.52. The van der Waals surface area contributed by atoms with Crippen molar-refractivity contribution in [2.24, 2.45) is 5.73 Å². The number of aromatic nitrogens is 2. The molecule has 0 spiro atoms. The second-order valence-corrected chi connectivity index (χ2v) is 4.64. The van der Waals surface area contributed by atoms with Gasteiger partial charge in [-0.3, -0.25) is 4.79 Å². The van der Waals surface area contributed by atoms with E-state index in [0.717, 1.165) is 12.0 Å². The molecule has 0 bridgehead atoms. The van der Waals surface area contributed by atoms with Crippen LogP contribution in [-0.4, -0.2) is 28.6 Å². The number of amides is 1. The minimum Gasteiger partial charge on any atom is -0.472 e. The first-order chi connectivity index (χ1) is 9.65. The SMILES string of the molecule is CC(N)CCNC(=O)CCc1nc(-c2ccoc2)no1. The molecule has 2 aromatic heterocycles. The molecule has 1 unspecified atom stereocenters. The average Bonchev–Trinajstić information content (AvgIpc) is 3.06. The van der Waals surface area contributed by atoms with E-state index >= 15 is 0 Å². The quantitative estimate of drug-likeness (QED) is 0.785. The number of nitrogens with one attached hydrogen (secondary N) is 1. The van der Waals surface area contributed by atoms with Crippen molar-refractivity contribution in [1.29, 1.82) is 0 Å². The number of hydrogen-bond donors (Lipinski definition) is 2. The van der Waals surface area contributed by atoms with Crippen LogP contribution in [0.4, 0.5) is 0 Å². The topological polar surface area (TPSA) is 107 Å². The summed E-state index contributed by atoms with van der Waals surface area (Å²) in [5, 5.41) is 6.62. The molecule has 1 atom stereocenters. The van der Waals surface area contributed by atoms with E-state index in [-0.39, 0.29) is 11.9 Å². The van der Waals surface area contributed by atoms with E-state index in [1.807, 2.05) is 6.92 Å². The molecule has 20 heavy (non-hydrogen) atoms. The summed E-state index contributed by atoms with van der Waals surface area (Å²) in [6.45, 7) is 2.49. The fourth-order valence-corrected chi connectivity index (χ4v) is 1.61. The van der Waals surface area contributed by atoms with Crippen molar-refractivity contribution in [3.63, 3.8) is 0 Å². The zero-order valence-electron chi connectivity index (χ0n) is 11.3. The summed E-state index contributed by atoms with van der Waals surface area (Å²) in [7, 11) is 0. The minimum atomic E-state index is -0.0475. The van der Waals surface area contributed by atoms with Crippen LogP contribution in [0.1, 0.15) is 25.7 Å². The van der Waals surface area contributed by atoms with Gasteiger partial charge in [0.15, 0.2) is 0 Å². The number of carbonyl (C=O) groups is 1. The molecule has 2 rings (SSSR count). The Morgan fingerprint density at radius 3 is 3.10 bits per heavy atom. The van der Waals surface area contributed by atoms with Gasteiger partial charge >= 0.3 is 0 Å². The largest absolute Gasteiger partial charge is 0.472 e. The summed E-state index contributed by atoms with van der Waals surface area (Å²) in [6, 6.07) is 1.83. The zero-order chi connectivity index (χ0) is 14.4. The summed E-state index contributed by atoms with van der Waals surface area (Å²) in [4.78, 5) is 15.8. The van der Waals surface area contributed by atoms with E-state index in [2.05, 4.69) is 15.5 Å². The van der Waals surface area contributed by atoms with E-state index < -0.39 is 0 Å². The Bertz CT molecular complexity index is 534. The molecule has 0 saturated carbocycles.